The van der Waals surface area contributed by atoms with Gasteiger partial charge in [0.2, 0.25) is 5.91 Å². The van der Waals surface area contributed by atoms with Crippen molar-refractivity contribution in [1.29, 1.82) is 0 Å². The standard InChI is InChI=1S/C29H37FIN3O2/c1-29(33-28(36)22-10-12-25(31)13-11-22)15-18-34(19-16-29)17-14-26(23-8-5-9-24(30)20-23)32-27(35)21-6-3-2-4-7-21/h5,8-13,20-21,26H,2-4,6-7,14-19H2,1H3,(H,32,35)(H,33,36)/t26-/m0/s1. The molecule has 1 saturated heterocycles. The van der Waals surface area contributed by atoms with Crippen LogP contribution >= 0.6 is 22.6 Å². The lowest BCUT2D eigenvalue weighted by molar-refractivity contribution is -0.126. The first-order valence-corrected chi connectivity index (χ1v) is 14.3. The molecule has 1 saturated carbocycles. The predicted octanol–water partition coefficient (Wildman–Crippen LogP) is 5.84. The number of rotatable bonds is 8. The van der Waals surface area contributed by atoms with Gasteiger partial charge in [-0.15, -0.1) is 0 Å². The number of benzene rings is 2. The van der Waals surface area contributed by atoms with E-state index in [1.807, 2.05) is 30.3 Å². The van der Waals surface area contributed by atoms with Gasteiger partial charge in [-0.2, -0.15) is 0 Å². The van der Waals surface area contributed by atoms with Gasteiger partial charge in [0.25, 0.3) is 5.91 Å². The fourth-order valence-electron chi connectivity index (χ4n) is 5.35. The van der Waals surface area contributed by atoms with Gasteiger partial charge in [-0.1, -0.05) is 31.4 Å². The maximum absolute atomic E-state index is 14.0. The van der Waals surface area contributed by atoms with E-state index in [0.717, 1.165) is 73.7 Å². The Bertz CT molecular complexity index is 1030. The Morgan fingerprint density at radius 1 is 1.08 bits per heavy atom. The van der Waals surface area contributed by atoms with Crippen molar-refractivity contribution in [2.45, 2.75) is 69.9 Å². The summed E-state index contributed by atoms with van der Waals surface area (Å²) in [5.74, 6) is -0.128. The topological polar surface area (TPSA) is 61.4 Å². The van der Waals surface area contributed by atoms with Crippen molar-refractivity contribution in [2.24, 2.45) is 5.92 Å². The minimum Gasteiger partial charge on any atom is -0.349 e. The first-order valence-electron chi connectivity index (χ1n) is 13.2. The molecule has 7 heteroatoms. The van der Waals surface area contributed by atoms with E-state index >= 15 is 0 Å². The Hall–Kier alpha value is -2.00. The molecule has 2 aromatic rings. The largest absolute Gasteiger partial charge is 0.349 e. The SMILES string of the molecule is CC1(NC(=O)c2ccc(I)cc2)CCN(CC[C@H](NC(=O)C2CCCCC2)c2cccc(F)c2)CC1. The number of nitrogens with zero attached hydrogens (tertiary/aromatic N) is 1. The number of hydrogen-bond donors (Lipinski definition) is 2. The number of amides is 2. The molecule has 0 unspecified atom stereocenters. The van der Waals surface area contributed by atoms with Gasteiger partial charge < -0.3 is 15.5 Å². The van der Waals surface area contributed by atoms with E-state index in [1.165, 1.54) is 12.5 Å². The summed E-state index contributed by atoms with van der Waals surface area (Å²) in [6.07, 6.45) is 7.76. The van der Waals surface area contributed by atoms with Gasteiger partial charge in [-0.3, -0.25) is 9.59 Å². The van der Waals surface area contributed by atoms with E-state index in [2.05, 4.69) is 45.0 Å². The van der Waals surface area contributed by atoms with Gasteiger partial charge in [0.05, 0.1) is 6.04 Å². The highest BCUT2D eigenvalue weighted by atomic mass is 127. The molecular formula is C29H37FIN3O2. The molecule has 0 radical (unpaired) electrons. The van der Waals surface area contributed by atoms with Crippen LogP contribution in [0.4, 0.5) is 4.39 Å². The zero-order chi connectivity index (χ0) is 25.5. The average Bonchev–Trinajstić information content (AvgIpc) is 2.88. The summed E-state index contributed by atoms with van der Waals surface area (Å²) in [6, 6.07) is 14.0. The number of carbonyl (C=O) groups excluding carboxylic acids is 2. The van der Waals surface area contributed by atoms with Gasteiger partial charge in [0.1, 0.15) is 5.82 Å². The van der Waals surface area contributed by atoms with Gasteiger partial charge in [0, 0.05) is 40.2 Å². The summed E-state index contributed by atoms with van der Waals surface area (Å²) in [4.78, 5) is 28.1. The van der Waals surface area contributed by atoms with E-state index in [-0.39, 0.29) is 35.1 Å². The minimum absolute atomic E-state index is 0.0288. The van der Waals surface area contributed by atoms with Crippen molar-refractivity contribution in [3.8, 4) is 0 Å². The second-order valence-corrected chi connectivity index (χ2v) is 11.8. The van der Waals surface area contributed by atoms with Crippen molar-refractivity contribution in [3.63, 3.8) is 0 Å². The van der Waals surface area contributed by atoms with Crippen LogP contribution in [0.25, 0.3) is 0 Å². The Balaban J connectivity index is 1.32. The Labute approximate surface area is 227 Å². The van der Waals surface area contributed by atoms with E-state index in [1.54, 1.807) is 12.1 Å². The number of piperidine rings is 1. The van der Waals surface area contributed by atoms with Crippen LogP contribution in [-0.2, 0) is 4.79 Å². The van der Waals surface area contributed by atoms with Crippen molar-refractivity contribution in [3.05, 3.63) is 69.0 Å². The maximum atomic E-state index is 14.0. The molecule has 4 rings (SSSR count). The Kier molecular flexibility index (Phi) is 9.39. The smallest absolute Gasteiger partial charge is 0.251 e. The summed E-state index contributed by atoms with van der Waals surface area (Å²) in [7, 11) is 0. The van der Waals surface area contributed by atoms with Crippen LogP contribution in [0.2, 0.25) is 0 Å². The Morgan fingerprint density at radius 2 is 1.78 bits per heavy atom. The zero-order valence-corrected chi connectivity index (χ0v) is 23.2. The molecule has 36 heavy (non-hydrogen) atoms. The zero-order valence-electron chi connectivity index (χ0n) is 21.1. The van der Waals surface area contributed by atoms with Crippen LogP contribution in [0.3, 0.4) is 0 Å². The lowest BCUT2D eigenvalue weighted by Gasteiger charge is -2.40. The highest BCUT2D eigenvalue weighted by molar-refractivity contribution is 14.1. The van der Waals surface area contributed by atoms with Crippen LogP contribution in [0, 0.1) is 15.3 Å². The summed E-state index contributed by atoms with van der Waals surface area (Å²) in [6.45, 7) is 4.67. The van der Waals surface area contributed by atoms with Gasteiger partial charge in [0.15, 0.2) is 0 Å². The summed E-state index contributed by atoms with van der Waals surface area (Å²) in [5.41, 5.74) is 1.27. The molecule has 0 spiro atoms. The molecule has 5 nitrogen and oxygen atoms in total. The van der Waals surface area contributed by atoms with Crippen LogP contribution in [0.1, 0.15) is 80.3 Å². The predicted molar refractivity (Wildman–Crippen MR) is 149 cm³/mol. The molecular weight excluding hydrogens is 568 g/mol. The maximum Gasteiger partial charge on any atom is 0.251 e. The van der Waals surface area contributed by atoms with E-state index in [0.29, 0.717) is 5.56 Å². The first kappa shape index (κ1) is 27.0. The molecule has 1 atom stereocenters. The molecule has 2 N–H and O–H groups in total. The number of carbonyl (C=O) groups is 2. The summed E-state index contributed by atoms with van der Waals surface area (Å²) in [5, 5.41) is 6.49. The molecule has 194 valence electrons. The number of nitrogens with one attached hydrogen (secondary N) is 2. The molecule has 2 aliphatic rings. The van der Waals surface area contributed by atoms with Crippen LogP contribution in [0.5, 0.6) is 0 Å². The molecule has 2 amide bonds. The molecule has 1 aliphatic heterocycles. The first-order chi connectivity index (χ1) is 17.3. The third-order valence-corrected chi connectivity index (χ3v) is 8.48. The molecule has 2 fully saturated rings. The van der Waals surface area contributed by atoms with Crippen LogP contribution < -0.4 is 10.6 Å². The lowest BCUT2D eigenvalue weighted by Crippen LogP contribution is -2.53. The second kappa shape index (κ2) is 12.5. The van der Waals surface area contributed by atoms with Crippen molar-refractivity contribution >= 4 is 34.4 Å². The van der Waals surface area contributed by atoms with E-state index in [4.69, 9.17) is 0 Å². The van der Waals surface area contributed by atoms with Gasteiger partial charge in [-0.05, 0) is 104 Å². The van der Waals surface area contributed by atoms with E-state index in [9.17, 15) is 14.0 Å². The summed E-state index contributed by atoms with van der Waals surface area (Å²) < 4.78 is 15.1. The van der Waals surface area contributed by atoms with Gasteiger partial charge >= 0.3 is 0 Å². The van der Waals surface area contributed by atoms with Crippen LogP contribution in [0.15, 0.2) is 48.5 Å². The Morgan fingerprint density at radius 3 is 2.44 bits per heavy atom. The normalized spacial score (nSPS) is 19.4. The lowest BCUT2D eigenvalue weighted by atomic mass is 9.88. The third-order valence-electron chi connectivity index (χ3n) is 7.76. The fraction of sp³-hybridized carbons (Fsp3) is 0.517. The van der Waals surface area contributed by atoms with Crippen LogP contribution in [-0.4, -0.2) is 41.9 Å². The molecule has 0 bridgehead atoms. The number of likely N-dealkylation sites (tertiary alicyclic amines) is 1. The quantitative estimate of drug-likeness (QED) is 0.372. The highest BCUT2D eigenvalue weighted by Gasteiger charge is 2.32. The van der Waals surface area contributed by atoms with E-state index < -0.39 is 0 Å². The molecule has 2 aromatic carbocycles. The number of halogens is 2. The van der Waals surface area contributed by atoms with Crippen molar-refractivity contribution < 1.29 is 14.0 Å². The molecule has 1 heterocycles. The van der Waals surface area contributed by atoms with Crippen molar-refractivity contribution in [2.75, 3.05) is 19.6 Å². The molecule has 1 aliphatic carbocycles. The fourth-order valence-corrected chi connectivity index (χ4v) is 5.71. The average molecular weight is 606 g/mol. The van der Waals surface area contributed by atoms with Gasteiger partial charge in [-0.25, -0.2) is 4.39 Å². The number of hydrogen-bond acceptors (Lipinski definition) is 3. The highest BCUT2D eigenvalue weighted by Crippen LogP contribution is 2.27. The monoisotopic (exact) mass is 605 g/mol. The summed E-state index contributed by atoms with van der Waals surface area (Å²) >= 11 is 2.24. The van der Waals surface area contributed by atoms with Crippen molar-refractivity contribution in [1.82, 2.24) is 15.5 Å². The molecule has 0 aromatic heterocycles. The second-order valence-electron chi connectivity index (χ2n) is 10.6. The third kappa shape index (κ3) is 7.51. The minimum atomic E-state index is -0.276.